The summed E-state index contributed by atoms with van der Waals surface area (Å²) in [4.78, 5) is 0. The minimum Gasteiger partial charge on any atom is -0.388 e. The second-order valence-corrected chi connectivity index (χ2v) is 5.48. The lowest BCUT2D eigenvalue weighted by molar-refractivity contribution is 0.178. The van der Waals surface area contributed by atoms with Gasteiger partial charge < -0.3 is 5.11 Å². The quantitative estimate of drug-likeness (QED) is 0.891. The molecule has 0 aliphatic rings. The predicted octanol–water partition coefficient (Wildman–Crippen LogP) is 4.31. The summed E-state index contributed by atoms with van der Waals surface area (Å²) in [5.41, 5.74) is 1.90. The van der Waals surface area contributed by atoms with Crippen LogP contribution in [0.15, 0.2) is 40.9 Å². The molecule has 0 saturated carbocycles. The summed E-state index contributed by atoms with van der Waals surface area (Å²) < 4.78 is 27.1. The van der Waals surface area contributed by atoms with Crippen LogP contribution < -0.4 is 0 Å². The van der Waals surface area contributed by atoms with Crippen molar-refractivity contribution in [1.82, 2.24) is 0 Å². The highest BCUT2D eigenvalue weighted by Crippen LogP contribution is 2.23. The van der Waals surface area contributed by atoms with Gasteiger partial charge in [-0.25, -0.2) is 8.78 Å². The van der Waals surface area contributed by atoms with E-state index < -0.39 is 6.10 Å². The van der Waals surface area contributed by atoms with Gasteiger partial charge in [-0.15, -0.1) is 0 Å². The van der Waals surface area contributed by atoms with Gasteiger partial charge in [0, 0.05) is 10.9 Å². The lowest BCUT2D eigenvalue weighted by Crippen LogP contribution is -2.03. The van der Waals surface area contributed by atoms with E-state index in [1.165, 1.54) is 24.3 Å². The third-order valence-electron chi connectivity index (χ3n) is 2.80. The van der Waals surface area contributed by atoms with Crippen molar-refractivity contribution in [3.05, 3.63) is 69.2 Å². The average Bonchev–Trinajstić information content (AvgIpc) is 2.25. The van der Waals surface area contributed by atoms with E-state index in [1.807, 2.05) is 0 Å². The van der Waals surface area contributed by atoms with Crippen LogP contribution in [0.1, 0.15) is 22.8 Å². The minimum absolute atomic E-state index is 0.235. The van der Waals surface area contributed by atoms with Crippen LogP contribution in [0.4, 0.5) is 8.78 Å². The van der Waals surface area contributed by atoms with Crippen molar-refractivity contribution in [3.8, 4) is 0 Å². The van der Waals surface area contributed by atoms with Crippen LogP contribution in [0.25, 0.3) is 0 Å². The number of halogens is 3. The van der Waals surface area contributed by atoms with Crippen LogP contribution in [-0.4, -0.2) is 5.11 Å². The van der Waals surface area contributed by atoms with Gasteiger partial charge in [0.05, 0.1) is 6.10 Å². The second kappa shape index (κ2) is 5.80. The fourth-order valence-corrected chi connectivity index (χ4v) is 2.54. The maximum atomic E-state index is 13.3. The van der Waals surface area contributed by atoms with Gasteiger partial charge in [-0.1, -0.05) is 22.0 Å². The normalized spacial score (nSPS) is 12.5. The lowest BCUT2D eigenvalue weighted by atomic mass is 10.00. The molecule has 0 fully saturated rings. The summed E-state index contributed by atoms with van der Waals surface area (Å²) >= 11 is 3.20. The smallest absolute Gasteiger partial charge is 0.124 e. The number of hydrogen-bond donors (Lipinski definition) is 1. The highest BCUT2D eigenvalue weighted by Gasteiger charge is 2.11. The Morgan fingerprint density at radius 2 is 1.74 bits per heavy atom. The van der Waals surface area contributed by atoms with Gasteiger partial charge in [0.25, 0.3) is 0 Å². The Balaban J connectivity index is 2.22. The van der Waals surface area contributed by atoms with Crippen LogP contribution in [0.5, 0.6) is 0 Å². The van der Waals surface area contributed by atoms with Crippen molar-refractivity contribution >= 4 is 15.9 Å². The summed E-state index contributed by atoms with van der Waals surface area (Å²) in [6.07, 6.45) is -0.623. The molecule has 0 bridgehead atoms. The molecule has 0 aromatic heterocycles. The van der Waals surface area contributed by atoms with E-state index in [2.05, 4.69) is 15.9 Å². The fourth-order valence-electron chi connectivity index (χ4n) is 2.03. The maximum absolute atomic E-state index is 13.3. The Morgan fingerprint density at radius 1 is 1.05 bits per heavy atom. The molecular formula is C15H13BrF2O. The van der Waals surface area contributed by atoms with Gasteiger partial charge in [-0.05, 0) is 53.9 Å². The second-order valence-electron chi connectivity index (χ2n) is 4.56. The predicted molar refractivity (Wildman–Crippen MR) is 73.9 cm³/mol. The summed E-state index contributed by atoms with van der Waals surface area (Å²) in [5.74, 6) is -0.749. The number of aryl methyl sites for hydroxylation is 1. The Kier molecular flexibility index (Phi) is 4.32. The third-order valence-corrected chi connectivity index (χ3v) is 3.26. The first kappa shape index (κ1) is 14.2. The summed E-state index contributed by atoms with van der Waals surface area (Å²) in [6.45, 7) is 1.76. The highest BCUT2D eigenvalue weighted by molar-refractivity contribution is 9.10. The molecule has 1 atom stereocenters. The molecule has 0 amide bonds. The Bertz CT molecular complexity index is 558. The number of benzene rings is 2. The summed E-state index contributed by atoms with van der Waals surface area (Å²) in [6, 6.07) is 8.86. The van der Waals surface area contributed by atoms with E-state index >= 15 is 0 Å². The molecule has 0 aliphatic heterocycles. The molecular weight excluding hydrogens is 314 g/mol. The largest absolute Gasteiger partial charge is 0.388 e. The van der Waals surface area contributed by atoms with E-state index in [4.69, 9.17) is 0 Å². The van der Waals surface area contributed by atoms with E-state index in [-0.39, 0.29) is 18.1 Å². The molecule has 19 heavy (non-hydrogen) atoms. The molecule has 1 N–H and O–H groups in total. The van der Waals surface area contributed by atoms with Gasteiger partial charge in [0.15, 0.2) is 0 Å². The van der Waals surface area contributed by atoms with Gasteiger partial charge >= 0.3 is 0 Å². The molecule has 0 spiro atoms. The molecule has 0 radical (unpaired) electrons. The van der Waals surface area contributed by atoms with Crippen LogP contribution in [0.2, 0.25) is 0 Å². The van der Waals surface area contributed by atoms with E-state index in [1.54, 1.807) is 19.1 Å². The van der Waals surface area contributed by atoms with Gasteiger partial charge in [-0.2, -0.15) is 0 Å². The first-order valence-corrected chi connectivity index (χ1v) is 6.63. The molecule has 4 heteroatoms. The van der Waals surface area contributed by atoms with Crippen LogP contribution in [0, 0.1) is 18.6 Å². The number of rotatable bonds is 3. The molecule has 1 nitrogen and oxygen atoms in total. The highest BCUT2D eigenvalue weighted by atomic mass is 79.9. The molecule has 2 aromatic carbocycles. The zero-order valence-electron chi connectivity index (χ0n) is 10.3. The van der Waals surface area contributed by atoms with Crippen LogP contribution in [-0.2, 0) is 6.42 Å². The van der Waals surface area contributed by atoms with Crippen molar-refractivity contribution < 1.29 is 13.9 Å². The molecule has 2 aromatic rings. The Morgan fingerprint density at radius 3 is 2.37 bits per heavy atom. The molecule has 0 heterocycles. The van der Waals surface area contributed by atoms with Gasteiger partial charge in [0.2, 0.25) is 0 Å². The van der Waals surface area contributed by atoms with Gasteiger partial charge in [0.1, 0.15) is 11.6 Å². The summed E-state index contributed by atoms with van der Waals surface area (Å²) in [5, 5.41) is 10.1. The van der Waals surface area contributed by atoms with Crippen molar-refractivity contribution in [1.29, 1.82) is 0 Å². The summed E-state index contributed by atoms with van der Waals surface area (Å²) in [7, 11) is 0. The fraction of sp³-hybridized carbons (Fsp3) is 0.200. The molecule has 2 rings (SSSR count). The molecule has 0 saturated heterocycles. The Hall–Kier alpha value is -1.26. The van der Waals surface area contributed by atoms with E-state index in [0.29, 0.717) is 15.6 Å². The first-order valence-electron chi connectivity index (χ1n) is 5.84. The minimum atomic E-state index is -0.858. The van der Waals surface area contributed by atoms with Crippen molar-refractivity contribution in [3.63, 3.8) is 0 Å². The van der Waals surface area contributed by atoms with Crippen molar-refractivity contribution in [2.45, 2.75) is 19.4 Å². The first-order chi connectivity index (χ1) is 8.94. The standard InChI is InChI=1S/C15H13BrF2O/c1-9-2-11(7-13(17)3-9)15(19)6-10-4-12(16)8-14(18)5-10/h2-5,7-8,15,19H,6H2,1H3. The zero-order valence-corrected chi connectivity index (χ0v) is 11.9. The average molecular weight is 327 g/mol. The van der Waals surface area contributed by atoms with Crippen molar-refractivity contribution in [2.24, 2.45) is 0 Å². The number of aliphatic hydroxyl groups excluding tert-OH is 1. The van der Waals surface area contributed by atoms with Crippen LogP contribution in [0.3, 0.4) is 0 Å². The van der Waals surface area contributed by atoms with Gasteiger partial charge in [-0.3, -0.25) is 0 Å². The molecule has 100 valence electrons. The lowest BCUT2D eigenvalue weighted by Gasteiger charge is -2.12. The SMILES string of the molecule is Cc1cc(F)cc(C(O)Cc2cc(F)cc(Br)c2)c1. The van der Waals surface area contributed by atoms with E-state index in [9.17, 15) is 13.9 Å². The van der Waals surface area contributed by atoms with Crippen molar-refractivity contribution in [2.75, 3.05) is 0 Å². The topological polar surface area (TPSA) is 20.2 Å². The monoisotopic (exact) mass is 326 g/mol. The Labute approximate surface area is 119 Å². The number of hydrogen-bond acceptors (Lipinski definition) is 1. The number of aliphatic hydroxyl groups is 1. The van der Waals surface area contributed by atoms with E-state index in [0.717, 1.165) is 5.56 Å². The third kappa shape index (κ3) is 3.85. The maximum Gasteiger partial charge on any atom is 0.124 e. The molecule has 1 unspecified atom stereocenters. The van der Waals surface area contributed by atoms with Crippen LogP contribution >= 0.6 is 15.9 Å². The zero-order chi connectivity index (χ0) is 14.0. The molecule has 0 aliphatic carbocycles.